The zero-order valence-corrected chi connectivity index (χ0v) is 20.5. The molecule has 2 aromatic heterocycles. The minimum absolute atomic E-state index is 0.0336. The molecule has 1 unspecified atom stereocenters. The Kier molecular flexibility index (Phi) is 7.72. The van der Waals surface area contributed by atoms with Gasteiger partial charge in [-0.25, -0.2) is 4.98 Å². The van der Waals surface area contributed by atoms with Crippen LogP contribution in [0.1, 0.15) is 36.9 Å². The van der Waals surface area contributed by atoms with E-state index in [0.29, 0.717) is 10.2 Å². The van der Waals surface area contributed by atoms with Crippen LogP contribution >= 0.6 is 11.3 Å². The Morgan fingerprint density at radius 1 is 1.11 bits per heavy atom. The summed E-state index contributed by atoms with van der Waals surface area (Å²) in [5, 5.41) is 5.42. The molecule has 8 heteroatoms. The summed E-state index contributed by atoms with van der Waals surface area (Å²) in [4.78, 5) is 43.2. The van der Waals surface area contributed by atoms with E-state index in [9.17, 15) is 14.4 Å². The van der Waals surface area contributed by atoms with E-state index < -0.39 is 6.04 Å². The average molecular weight is 490 g/mol. The van der Waals surface area contributed by atoms with Crippen molar-refractivity contribution in [2.45, 2.75) is 39.3 Å². The lowest BCUT2D eigenvalue weighted by molar-refractivity contribution is -0.143. The minimum atomic E-state index is -0.509. The summed E-state index contributed by atoms with van der Waals surface area (Å²) in [7, 11) is 0. The van der Waals surface area contributed by atoms with E-state index >= 15 is 0 Å². The summed E-state index contributed by atoms with van der Waals surface area (Å²) < 4.78 is 6.53. The smallest absolute Gasteiger partial charge is 0.308 e. The number of nitrogens with zero attached hydrogens (tertiary/aromatic N) is 2. The molecule has 1 atom stereocenters. The van der Waals surface area contributed by atoms with Crippen molar-refractivity contribution in [1.82, 2.24) is 14.9 Å². The Labute approximate surface area is 207 Å². The Bertz CT molecular complexity index is 1380. The molecule has 0 aliphatic rings. The minimum Gasteiger partial charge on any atom is -0.466 e. The highest BCUT2D eigenvalue weighted by Gasteiger charge is 2.20. The average Bonchev–Trinajstić information content (AvgIpc) is 3.29. The van der Waals surface area contributed by atoms with Gasteiger partial charge in [-0.3, -0.25) is 19.0 Å². The van der Waals surface area contributed by atoms with E-state index in [-0.39, 0.29) is 43.4 Å². The van der Waals surface area contributed by atoms with Crippen LogP contribution in [0.15, 0.2) is 71.1 Å². The second-order valence-corrected chi connectivity index (χ2v) is 9.09. The maximum atomic E-state index is 13.3. The number of hydrogen-bond donors (Lipinski definition) is 1. The third-order valence-electron chi connectivity index (χ3n) is 5.72. The van der Waals surface area contributed by atoms with Crippen molar-refractivity contribution in [3.05, 3.63) is 87.8 Å². The van der Waals surface area contributed by atoms with Crippen molar-refractivity contribution >= 4 is 33.4 Å². The number of carbonyl (C=O) groups excluding carboxylic acids is 2. The molecule has 0 aliphatic heterocycles. The molecule has 35 heavy (non-hydrogen) atoms. The first kappa shape index (κ1) is 24.3. The number of amides is 1. The largest absolute Gasteiger partial charge is 0.466 e. The zero-order valence-electron chi connectivity index (χ0n) is 19.7. The number of hydrogen-bond acceptors (Lipinski definition) is 6. The second kappa shape index (κ2) is 11.1. The molecule has 0 saturated heterocycles. The van der Waals surface area contributed by atoms with Gasteiger partial charge < -0.3 is 10.1 Å². The van der Waals surface area contributed by atoms with Crippen LogP contribution in [-0.4, -0.2) is 28.0 Å². The lowest BCUT2D eigenvalue weighted by Crippen LogP contribution is -2.32. The first-order valence-electron chi connectivity index (χ1n) is 11.5. The fraction of sp³-hybridized carbons (Fsp3) is 0.259. The number of aromatic nitrogens is 2. The maximum absolute atomic E-state index is 13.3. The summed E-state index contributed by atoms with van der Waals surface area (Å²) in [6.45, 7) is 4.22. The molecule has 0 fully saturated rings. The van der Waals surface area contributed by atoms with Crippen LogP contribution in [0.3, 0.4) is 0 Å². The number of rotatable bonds is 9. The summed E-state index contributed by atoms with van der Waals surface area (Å²) in [5.41, 5.74) is 3.59. The number of benzene rings is 2. The second-order valence-electron chi connectivity index (χ2n) is 8.23. The molecule has 7 nitrogen and oxygen atoms in total. The van der Waals surface area contributed by atoms with E-state index in [1.807, 2.05) is 66.9 Å². The van der Waals surface area contributed by atoms with Crippen molar-refractivity contribution in [3.63, 3.8) is 0 Å². The predicted octanol–water partition coefficient (Wildman–Crippen LogP) is 4.63. The Balaban J connectivity index is 1.50. The van der Waals surface area contributed by atoms with E-state index in [0.717, 1.165) is 22.3 Å². The number of thiophene rings is 1. The van der Waals surface area contributed by atoms with Crippen molar-refractivity contribution < 1.29 is 14.3 Å². The third-order valence-corrected chi connectivity index (χ3v) is 6.60. The summed E-state index contributed by atoms with van der Waals surface area (Å²) >= 11 is 1.43. The van der Waals surface area contributed by atoms with Crippen LogP contribution in [0, 0.1) is 6.92 Å². The number of aryl methyl sites for hydroxylation is 2. The first-order chi connectivity index (χ1) is 17.0. The van der Waals surface area contributed by atoms with Crippen LogP contribution in [0.4, 0.5) is 0 Å². The highest BCUT2D eigenvalue weighted by Crippen LogP contribution is 2.30. The van der Waals surface area contributed by atoms with Gasteiger partial charge in [-0.15, -0.1) is 11.3 Å². The Morgan fingerprint density at radius 2 is 1.86 bits per heavy atom. The number of fused-ring (bicyclic) bond motifs is 1. The van der Waals surface area contributed by atoms with Crippen LogP contribution in [0.25, 0.3) is 21.3 Å². The fourth-order valence-electron chi connectivity index (χ4n) is 3.89. The number of ether oxygens (including phenoxy) is 1. The molecule has 4 aromatic rings. The molecule has 0 spiro atoms. The van der Waals surface area contributed by atoms with Gasteiger partial charge in [0.05, 0.1) is 30.8 Å². The molecule has 2 aromatic carbocycles. The standard InChI is InChI=1S/C27H27N3O4S/c1-3-34-24(32)15-22(20-7-5-4-6-8-20)29-23(31)13-14-30-17-28-26-25(27(30)33)21(16-35-26)19-11-9-18(2)10-12-19/h4-12,16-17,22H,3,13-15H2,1-2H3,(H,29,31). The quantitative estimate of drug-likeness (QED) is 0.346. The number of esters is 1. The molecule has 4 rings (SSSR count). The molecule has 0 saturated carbocycles. The summed E-state index contributed by atoms with van der Waals surface area (Å²) in [5.74, 6) is -0.646. The molecular formula is C27H27N3O4S. The van der Waals surface area contributed by atoms with Gasteiger partial charge in [0.15, 0.2) is 0 Å². The van der Waals surface area contributed by atoms with Crippen molar-refractivity contribution in [2.75, 3.05) is 6.61 Å². The van der Waals surface area contributed by atoms with E-state index in [4.69, 9.17) is 4.74 Å². The van der Waals surface area contributed by atoms with E-state index in [1.54, 1.807) is 6.92 Å². The summed E-state index contributed by atoms with van der Waals surface area (Å²) in [6, 6.07) is 16.8. The first-order valence-corrected chi connectivity index (χ1v) is 12.4. The van der Waals surface area contributed by atoms with Gasteiger partial charge in [0.1, 0.15) is 4.83 Å². The van der Waals surface area contributed by atoms with Gasteiger partial charge in [0.25, 0.3) is 5.56 Å². The molecule has 2 heterocycles. The lowest BCUT2D eigenvalue weighted by Gasteiger charge is -2.18. The number of carbonyl (C=O) groups is 2. The van der Waals surface area contributed by atoms with Crippen LogP contribution in [0.5, 0.6) is 0 Å². The molecule has 0 radical (unpaired) electrons. The monoisotopic (exact) mass is 489 g/mol. The topological polar surface area (TPSA) is 90.3 Å². The van der Waals surface area contributed by atoms with Crippen molar-refractivity contribution in [3.8, 4) is 11.1 Å². The van der Waals surface area contributed by atoms with Gasteiger partial charge >= 0.3 is 5.97 Å². The van der Waals surface area contributed by atoms with Gasteiger partial charge in [-0.2, -0.15) is 0 Å². The highest BCUT2D eigenvalue weighted by atomic mass is 32.1. The van der Waals surface area contributed by atoms with Crippen molar-refractivity contribution in [1.29, 1.82) is 0 Å². The Hall–Kier alpha value is -3.78. The summed E-state index contributed by atoms with van der Waals surface area (Å²) in [6.07, 6.45) is 1.59. The molecule has 1 amide bonds. The SMILES string of the molecule is CCOC(=O)CC(NC(=O)CCn1cnc2scc(-c3ccc(C)cc3)c2c1=O)c1ccccc1. The van der Waals surface area contributed by atoms with Crippen LogP contribution in [0.2, 0.25) is 0 Å². The van der Waals surface area contributed by atoms with Gasteiger partial charge in [-0.05, 0) is 25.0 Å². The fourth-order valence-corrected chi connectivity index (χ4v) is 4.79. The molecule has 0 bridgehead atoms. The van der Waals surface area contributed by atoms with Gasteiger partial charge in [0, 0.05) is 23.9 Å². The predicted molar refractivity (Wildman–Crippen MR) is 137 cm³/mol. The van der Waals surface area contributed by atoms with E-state index in [1.165, 1.54) is 22.2 Å². The molecule has 0 aliphatic carbocycles. The molecule has 180 valence electrons. The van der Waals surface area contributed by atoms with Crippen LogP contribution in [-0.2, 0) is 20.9 Å². The molecule has 1 N–H and O–H groups in total. The van der Waals surface area contributed by atoms with Crippen molar-refractivity contribution in [2.24, 2.45) is 0 Å². The Morgan fingerprint density at radius 3 is 2.57 bits per heavy atom. The normalized spacial score (nSPS) is 11.8. The third kappa shape index (κ3) is 5.84. The zero-order chi connectivity index (χ0) is 24.8. The van der Waals surface area contributed by atoms with E-state index in [2.05, 4.69) is 10.3 Å². The van der Waals surface area contributed by atoms with Gasteiger partial charge in [0.2, 0.25) is 5.91 Å². The molecular weight excluding hydrogens is 462 g/mol. The van der Waals surface area contributed by atoms with Crippen LogP contribution < -0.4 is 10.9 Å². The number of nitrogens with one attached hydrogen (secondary N) is 1. The maximum Gasteiger partial charge on any atom is 0.308 e. The van der Waals surface area contributed by atoms with Gasteiger partial charge in [-0.1, -0.05) is 60.2 Å². The highest BCUT2D eigenvalue weighted by molar-refractivity contribution is 7.17. The lowest BCUT2D eigenvalue weighted by atomic mass is 10.0.